The number of aromatic nitrogens is 2. The number of imidazole rings is 1. The Morgan fingerprint density at radius 3 is 2.55 bits per heavy atom. The normalized spacial score (nSPS) is 10.8. The molecule has 168 valence electrons. The van der Waals surface area contributed by atoms with Crippen LogP contribution < -0.4 is 15.4 Å². The van der Waals surface area contributed by atoms with E-state index < -0.39 is 0 Å². The summed E-state index contributed by atoms with van der Waals surface area (Å²) in [7, 11) is 0. The topological polar surface area (TPSA) is 79.0 Å². The van der Waals surface area contributed by atoms with E-state index >= 15 is 0 Å². The van der Waals surface area contributed by atoms with Gasteiger partial charge in [0.15, 0.2) is 11.7 Å². The van der Waals surface area contributed by atoms with E-state index in [1.54, 1.807) is 18.2 Å². The molecule has 0 atom stereocenters. The molecule has 0 saturated carbocycles. The van der Waals surface area contributed by atoms with E-state index in [4.69, 9.17) is 40.2 Å². The highest BCUT2D eigenvalue weighted by atomic mass is 35.5. The molecule has 0 radical (unpaired) electrons. The molecule has 0 aliphatic carbocycles. The van der Waals surface area contributed by atoms with Crippen molar-refractivity contribution in [2.45, 2.75) is 13.8 Å². The Bertz CT molecular complexity index is 1310. The Hall–Kier alpha value is -3.13. The average molecular weight is 499 g/mol. The Morgan fingerprint density at radius 2 is 1.82 bits per heavy atom. The summed E-state index contributed by atoms with van der Waals surface area (Å²) in [5.41, 5.74) is 5.21. The van der Waals surface area contributed by atoms with Gasteiger partial charge >= 0.3 is 0 Å². The van der Waals surface area contributed by atoms with Gasteiger partial charge in [-0.2, -0.15) is 0 Å². The lowest BCUT2D eigenvalue weighted by atomic mass is 10.2. The summed E-state index contributed by atoms with van der Waals surface area (Å²) in [6.07, 6.45) is 0. The van der Waals surface area contributed by atoms with E-state index in [9.17, 15) is 4.79 Å². The van der Waals surface area contributed by atoms with E-state index in [0.29, 0.717) is 15.8 Å². The van der Waals surface area contributed by atoms with Crippen molar-refractivity contribution in [1.29, 1.82) is 0 Å². The van der Waals surface area contributed by atoms with Crippen molar-refractivity contribution in [1.82, 2.24) is 15.3 Å². The monoisotopic (exact) mass is 498 g/mol. The Balaban J connectivity index is 1.33. The molecule has 0 saturated heterocycles. The van der Waals surface area contributed by atoms with E-state index in [2.05, 4.69) is 20.6 Å². The second-order valence-electron chi connectivity index (χ2n) is 7.48. The summed E-state index contributed by atoms with van der Waals surface area (Å²) >= 11 is 17.4. The number of halogens is 2. The summed E-state index contributed by atoms with van der Waals surface area (Å²) in [4.78, 5) is 20.1. The number of carbonyl (C=O) groups excluding carboxylic acids is 1. The molecule has 4 rings (SSSR count). The van der Waals surface area contributed by atoms with Crippen molar-refractivity contribution in [2.75, 3.05) is 11.9 Å². The number of H-pyrrole nitrogens is 1. The maximum atomic E-state index is 12.2. The molecule has 0 aliphatic heterocycles. The van der Waals surface area contributed by atoms with Gasteiger partial charge in [0.25, 0.3) is 5.91 Å². The van der Waals surface area contributed by atoms with Gasteiger partial charge in [0, 0.05) is 21.3 Å². The van der Waals surface area contributed by atoms with Gasteiger partial charge in [0.2, 0.25) is 0 Å². The van der Waals surface area contributed by atoms with Gasteiger partial charge in [-0.05, 0) is 91.8 Å². The van der Waals surface area contributed by atoms with Gasteiger partial charge in [-0.25, -0.2) is 4.98 Å². The third kappa shape index (κ3) is 5.63. The lowest BCUT2D eigenvalue weighted by molar-refractivity contribution is -0.121. The summed E-state index contributed by atoms with van der Waals surface area (Å²) in [6.45, 7) is 3.64. The van der Waals surface area contributed by atoms with Crippen LogP contribution >= 0.6 is 35.4 Å². The number of aryl methyl sites for hydroxylation is 2. The molecular weight excluding hydrogens is 479 g/mol. The highest BCUT2D eigenvalue weighted by Gasteiger charge is 2.10. The largest absolute Gasteiger partial charge is 0.483 e. The van der Waals surface area contributed by atoms with Crippen LogP contribution in [0, 0.1) is 13.8 Å². The highest BCUT2D eigenvalue weighted by Crippen LogP contribution is 2.26. The van der Waals surface area contributed by atoms with Gasteiger partial charge in [-0.3, -0.25) is 10.1 Å². The minimum atomic E-state index is -0.366. The minimum absolute atomic E-state index is 0.168. The maximum absolute atomic E-state index is 12.2. The van der Waals surface area contributed by atoms with E-state index in [1.807, 2.05) is 50.2 Å². The second-order valence-corrected chi connectivity index (χ2v) is 8.73. The first-order valence-corrected chi connectivity index (χ1v) is 11.2. The van der Waals surface area contributed by atoms with E-state index in [1.165, 1.54) is 0 Å². The Labute approximate surface area is 206 Å². The van der Waals surface area contributed by atoms with Crippen LogP contribution in [0.2, 0.25) is 10.0 Å². The second kappa shape index (κ2) is 9.79. The fraction of sp³-hybridized carbons (Fsp3) is 0.125. The summed E-state index contributed by atoms with van der Waals surface area (Å²) in [5.74, 6) is 0.963. The molecule has 6 nitrogen and oxygen atoms in total. The molecule has 0 aliphatic rings. The molecule has 3 aromatic carbocycles. The summed E-state index contributed by atoms with van der Waals surface area (Å²) < 4.78 is 5.53. The molecule has 3 N–H and O–H groups in total. The molecule has 0 unspecified atom stereocenters. The molecule has 1 heterocycles. The van der Waals surface area contributed by atoms with Crippen LogP contribution in [0.3, 0.4) is 0 Å². The molecule has 0 fully saturated rings. The SMILES string of the molecule is Cc1cc2[nH]c(-c3ccc(NC(=S)NC(=O)COc4ccc(Cl)cc4C)cc3)nc2cc1Cl. The number of anilines is 1. The average Bonchev–Trinajstić information content (AvgIpc) is 3.16. The number of aromatic amines is 1. The van der Waals surface area contributed by atoms with Gasteiger partial charge in [0.1, 0.15) is 11.6 Å². The zero-order valence-corrected chi connectivity index (χ0v) is 20.2. The van der Waals surface area contributed by atoms with Crippen molar-refractivity contribution in [3.63, 3.8) is 0 Å². The van der Waals surface area contributed by atoms with Crippen LogP contribution in [-0.2, 0) is 4.79 Å². The van der Waals surface area contributed by atoms with Crippen molar-refractivity contribution >= 4 is 63.2 Å². The number of nitrogens with zero attached hydrogens (tertiary/aromatic N) is 1. The molecule has 0 spiro atoms. The lowest BCUT2D eigenvalue weighted by Crippen LogP contribution is -2.37. The van der Waals surface area contributed by atoms with Gasteiger partial charge in [-0.15, -0.1) is 0 Å². The zero-order chi connectivity index (χ0) is 23.5. The van der Waals surface area contributed by atoms with Crippen LogP contribution in [0.4, 0.5) is 5.69 Å². The van der Waals surface area contributed by atoms with Crippen molar-refractivity contribution < 1.29 is 9.53 Å². The van der Waals surface area contributed by atoms with Crippen LogP contribution in [0.15, 0.2) is 54.6 Å². The van der Waals surface area contributed by atoms with Crippen LogP contribution in [0.25, 0.3) is 22.4 Å². The third-order valence-electron chi connectivity index (χ3n) is 4.93. The van der Waals surface area contributed by atoms with Gasteiger partial charge < -0.3 is 15.0 Å². The number of fused-ring (bicyclic) bond motifs is 1. The maximum Gasteiger partial charge on any atom is 0.264 e. The van der Waals surface area contributed by atoms with Crippen LogP contribution in [-0.4, -0.2) is 27.6 Å². The van der Waals surface area contributed by atoms with Crippen LogP contribution in [0.1, 0.15) is 11.1 Å². The predicted octanol–water partition coefficient (Wildman–Crippen LogP) is 6.05. The number of thiocarbonyl (C=S) groups is 1. The number of ether oxygens (including phenoxy) is 1. The molecule has 0 bridgehead atoms. The number of amides is 1. The molecular formula is C24H20Cl2N4O2S. The highest BCUT2D eigenvalue weighted by molar-refractivity contribution is 7.80. The summed E-state index contributed by atoms with van der Waals surface area (Å²) in [5, 5.41) is 7.07. The lowest BCUT2D eigenvalue weighted by Gasteiger charge is -2.12. The number of carbonyl (C=O) groups is 1. The minimum Gasteiger partial charge on any atom is -0.483 e. The summed E-state index contributed by atoms with van der Waals surface area (Å²) in [6, 6.07) is 16.5. The van der Waals surface area contributed by atoms with Gasteiger partial charge in [0.05, 0.1) is 11.0 Å². The first-order valence-electron chi connectivity index (χ1n) is 10.0. The molecule has 1 aromatic heterocycles. The fourth-order valence-electron chi connectivity index (χ4n) is 3.23. The number of benzene rings is 3. The third-order valence-corrected chi connectivity index (χ3v) is 5.77. The Kier molecular flexibility index (Phi) is 6.83. The first kappa shape index (κ1) is 23.0. The smallest absolute Gasteiger partial charge is 0.264 e. The first-order chi connectivity index (χ1) is 15.8. The number of hydrogen-bond donors (Lipinski definition) is 3. The fourth-order valence-corrected chi connectivity index (χ4v) is 3.85. The molecule has 1 amide bonds. The van der Waals surface area contributed by atoms with Crippen molar-refractivity contribution in [2.24, 2.45) is 0 Å². The standard InChI is InChI=1S/C24H20Cl2N4O2S/c1-13-10-19-20(11-18(13)26)29-23(28-19)15-3-6-17(7-4-15)27-24(33)30-22(31)12-32-21-8-5-16(25)9-14(21)2/h3-11H,12H2,1-2H3,(H,28,29)(H2,27,30,31,33). The van der Waals surface area contributed by atoms with E-state index in [0.717, 1.165) is 39.2 Å². The van der Waals surface area contributed by atoms with E-state index in [-0.39, 0.29) is 17.6 Å². The Morgan fingerprint density at radius 1 is 1.06 bits per heavy atom. The molecule has 33 heavy (non-hydrogen) atoms. The molecule has 4 aromatic rings. The van der Waals surface area contributed by atoms with Crippen molar-refractivity contribution in [3.05, 3.63) is 75.8 Å². The number of hydrogen-bond acceptors (Lipinski definition) is 4. The van der Waals surface area contributed by atoms with Crippen LogP contribution in [0.5, 0.6) is 5.75 Å². The number of nitrogens with one attached hydrogen (secondary N) is 3. The number of rotatable bonds is 5. The van der Waals surface area contributed by atoms with Crippen molar-refractivity contribution in [3.8, 4) is 17.1 Å². The zero-order valence-electron chi connectivity index (χ0n) is 17.8. The molecule has 9 heteroatoms. The quantitative estimate of drug-likeness (QED) is 0.292. The predicted molar refractivity (Wildman–Crippen MR) is 137 cm³/mol. The van der Waals surface area contributed by atoms with Gasteiger partial charge in [-0.1, -0.05) is 23.2 Å².